The zero-order chi connectivity index (χ0) is 10.9. The molecule has 0 aromatic carbocycles. The van der Waals surface area contributed by atoms with Gasteiger partial charge in [0, 0.05) is 31.6 Å². The van der Waals surface area contributed by atoms with Crippen LogP contribution in [0.15, 0.2) is 0 Å². The summed E-state index contributed by atoms with van der Waals surface area (Å²) in [7, 11) is 0. The molecule has 0 amide bonds. The summed E-state index contributed by atoms with van der Waals surface area (Å²) in [6.07, 6.45) is 1.98. The topological polar surface area (TPSA) is 52.6 Å². The molecule has 0 aromatic rings. The van der Waals surface area contributed by atoms with Crippen LogP contribution in [0.3, 0.4) is 0 Å². The summed E-state index contributed by atoms with van der Waals surface area (Å²) in [6, 6.07) is 0. The van der Waals surface area contributed by atoms with Gasteiger partial charge < -0.3 is 14.3 Å². The molecule has 1 aliphatic carbocycles. The normalized spacial score (nSPS) is 29.7. The number of hydrogen-bond acceptors (Lipinski definition) is 4. The molecule has 0 unspecified atom stereocenters. The Kier molecular flexibility index (Phi) is 2.89. The molecule has 1 heterocycles. The molecule has 2 fully saturated rings. The van der Waals surface area contributed by atoms with Crippen LogP contribution in [0.2, 0.25) is 0 Å². The first-order chi connectivity index (χ1) is 7.11. The number of ether oxygens (including phenoxy) is 2. The summed E-state index contributed by atoms with van der Waals surface area (Å²) < 4.78 is 11.1. The minimum Gasteiger partial charge on any atom is -0.347 e. The second-order valence-electron chi connectivity index (χ2n) is 4.38. The number of carbonyl (C=O) groups is 2. The van der Waals surface area contributed by atoms with Crippen LogP contribution in [0.5, 0.6) is 0 Å². The van der Waals surface area contributed by atoms with Crippen molar-refractivity contribution in [1.29, 1.82) is 0 Å². The van der Waals surface area contributed by atoms with Crippen LogP contribution in [-0.2, 0) is 19.1 Å². The first kappa shape index (κ1) is 10.8. The number of carbonyl (C=O) groups excluding carboxylic acids is 2. The van der Waals surface area contributed by atoms with Crippen molar-refractivity contribution in [1.82, 2.24) is 0 Å². The van der Waals surface area contributed by atoms with Crippen LogP contribution in [0.4, 0.5) is 0 Å². The van der Waals surface area contributed by atoms with Gasteiger partial charge in [0.2, 0.25) is 0 Å². The van der Waals surface area contributed by atoms with E-state index in [-0.39, 0.29) is 17.5 Å². The van der Waals surface area contributed by atoms with E-state index in [1.807, 2.05) is 0 Å². The quantitative estimate of drug-likeness (QED) is 0.687. The van der Waals surface area contributed by atoms with Crippen LogP contribution in [0.1, 0.15) is 32.6 Å². The lowest BCUT2D eigenvalue weighted by Gasteiger charge is -2.34. The van der Waals surface area contributed by atoms with Crippen LogP contribution >= 0.6 is 0 Å². The van der Waals surface area contributed by atoms with Gasteiger partial charge in [-0.05, 0) is 6.92 Å². The Balaban J connectivity index is 2.03. The Hall–Kier alpha value is -0.740. The third kappa shape index (κ3) is 2.26. The summed E-state index contributed by atoms with van der Waals surface area (Å²) >= 11 is 0. The number of rotatable bonds is 2. The molecule has 1 aliphatic heterocycles. The van der Waals surface area contributed by atoms with Gasteiger partial charge in [-0.25, -0.2) is 0 Å². The maximum absolute atomic E-state index is 11.6. The molecule has 2 aliphatic rings. The fraction of sp³-hybridized carbons (Fsp3) is 0.818. The van der Waals surface area contributed by atoms with Gasteiger partial charge in [-0.15, -0.1) is 0 Å². The molecule has 1 spiro atoms. The molecule has 4 heteroatoms. The third-order valence-corrected chi connectivity index (χ3v) is 3.11. The molecule has 1 saturated heterocycles. The van der Waals surface area contributed by atoms with Gasteiger partial charge in [0.05, 0.1) is 13.2 Å². The zero-order valence-electron chi connectivity index (χ0n) is 8.95. The number of hydrogen-bond donors (Lipinski definition) is 0. The van der Waals surface area contributed by atoms with E-state index in [9.17, 15) is 9.59 Å². The van der Waals surface area contributed by atoms with E-state index >= 15 is 0 Å². The standard InChI is InChI=1S/C11H16O4/c1-8(12)6-9-7-11(3-2-10(9)13)14-4-5-15-11/h9H,2-7H2,1H3/t9-/m0/s1. The van der Waals surface area contributed by atoms with Crippen LogP contribution in [0.25, 0.3) is 0 Å². The lowest BCUT2D eigenvalue weighted by molar-refractivity contribution is -0.189. The summed E-state index contributed by atoms with van der Waals surface area (Å²) in [6.45, 7) is 2.72. The highest BCUT2D eigenvalue weighted by Crippen LogP contribution is 2.38. The highest BCUT2D eigenvalue weighted by molar-refractivity contribution is 5.87. The molecule has 1 saturated carbocycles. The molecule has 0 radical (unpaired) electrons. The lowest BCUT2D eigenvalue weighted by atomic mass is 9.81. The van der Waals surface area contributed by atoms with E-state index in [1.165, 1.54) is 6.92 Å². The Bertz CT molecular complexity index is 278. The van der Waals surface area contributed by atoms with E-state index < -0.39 is 5.79 Å². The Morgan fingerprint density at radius 2 is 2.13 bits per heavy atom. The molecule has 4 nitrogen and oxygen atoms in total. The van der Waals surface area contributed by atoms with Crippen molar-refractivity contribution in [2.24, 2.45) is 5.92 Å². The van der Waals surface area contributed by atoms with E-state index in [0.717, 1.165) is 0 Å². The lowest BCUT2D eigenvalue weighted by Crippen LogP contribution is -2.41. The highest BCUT2D eigenvalue weighted by atomic mass is 16.7. The Morgan fingerprint density at radius 1 is 1.47 bits per heavy atom. The average molecular weight is 212 g/mol. The Labute approximate surface area is 88.9 Å². The molecule has 0 N–H and O–H groups in total. The number of Topliss-reactive ketones (excluding diaryl/α,β-unsaturated/α-hetero) is 2. The minimum absolute atomic E-state index is 0.0587. The number of ketones is 2. The molecule has 0 aromatic heterocycles. The van der Waals surface area contributed by atoms with Gasteiger partial charge >= 0.3 is 0 Å². The van der Waals surface area contributed by atoms with Crippen molar-refractivity contribution in [2.75, 3.05) is 13.2 Å². The second kappa shape index (κ2) is 4.02. The summed E-state index contributed by atoms with van der Waals surface area (Å²) in [4.78, 5) is 22.6. The van der Waals surface area contributed by atoms with Crippen molar-refractivity contribution in [2.45, 2.75) is 38.4 Å². The van der Waals surface area contributed by atoms with Gasteiger partial charge in [0.1, 0.15) is 11.6 Å². The van der Waals surface area contributed by atoms with Crippen molar-refractivity contribution in [3.63, 3.8) is 0 Å². The molecular formula is C11H16O4. The predicted molar refractivity (Wildman–Crippen MR) is 52.3 cm³/mol. The third-order valence-electron chi connectivity index (χ3n) is 3.11. The van der Waals surface area contributed by atoms with Crippen LogP contribution in [-0.4, -0.2) is 30.6 Å². The summed E-state index contributed by atoms with van der Waals surface area (Å²) in [5, 5.41) is 0. The van der Waals surface area contributed by atoms with Crippen molar-refractivity contribution >= 4 is 11.6 Å². The fourth-order valence-electron chi connectivity index (χ4n) is 2.40. The maximum atomic E-state index is 11.6. The van der Waals surface area contributed by atoms with Crippen LogP contribution < -0.4 is 0 Å². The SMILES string of the molecule is CC(=O)C[C@H]1CC2(CCC1=O)OCCO2. The van der Waals surface area contributed by atoms with Crippen LogP contribution in [0, 0.1) is 5.92 Å². The maximum Gasteiger partial charge on any atom is 0.169 e. The molecule has 0 bridgehead atoms. The molecule has 2 rings (SSSR count). The zero-order valence-corrected chi connectivity index (χ0v) is 8.95. The first-order valence-electron chi connectivity index (χ1n) is 5.41. The molecule has 15 heavy (non-hydrogen) atoms. The van der Waals surface area contributed by atoms with Gasteiger partial charge in [-0.3, -0.25) is 4.79 Å². The van der Waals surface area contributed by atoms with E-state index in [1.54, 1.807) is 0 Å². The van der Waals surface area contributed by atoms with Gasteiger partial charge in [-0.2, -0.15) is 0 Å². The monoisotopic (exact) mass is 212 g/mol. The summed E-state index contributed by atoms with van der Waals surface area (Å²) in [5.74, 6) is -0.527. The molecule has 1 atom stereocenters. The molecular weight excluding hydrogens is 196 g/mol. The van der Waals surface area contributed by atoms with E-state index in [4.69, 9.17) is 9.47 Å². The smallest absolute Gasteiger partial charge is 0.169 e. The van der Waals surface area contributed by atoms with Gasteiger partial charge in [0.25, 0.3) is 0 Å². The molecule has 84 valence electrons. The summed E-state index contributed by atoms with van der Waals surface area (Å²) in [5.41, 5.74) is 0. The highest BCUT2D eigenvalue weighted by Gasteiger charge is 2.44. The van der Waals surface area contributed by atoms with Gasteiger partial charge in [-0.1, -0.05) is 0 Å². The largest absolute Gasteiger partial charge is 0.347 e. The Morgan fingerprint density at radius 3 is 2.73 bits per heavy atom. The second-order valence-corrected chi connectivity index (χ2v) is 4.38. The average Bonchev–Trinajstić information content (AvgIpc) is 2.60. The van der Waals surface area contributed by atoms with Gasteiger partial charge in [0.15, 0.2) is 5.79 Å². The van der Waals surface area contributed by atoms with Crippen molar-refractivity contribution < 1.29 is 19.1 Å². The van der Waals surface area contributed by atoms with E-state index in [2.05, 4.69) is 0 Å². The minimum atomic E-state index is -0.561. The van der Waals surface area contributed by atoms with Crippen molar-refractivity contribution in [3.05, 3.63) is 0 Å². The predicted octanol–water partition coefficient (Wildman–Crippen LogP) is 1.08. The van der Waals surface area contributed by atoms with Crippen molar-refractivity contribution in [3.8, 4) is 0 Å². The fourth-order valence-corrected chi connectivity index (χ4v) is 2.40. The van der Waals surface area contributed by atoms with E-state index in [0.29, 0.717) is 38.9 Å². The first-order valence-corrected chi connectivity index (χ1v) is 5.41.